The summed E-state index contributed by atoms with van der Waals surface area (Å²) in [7, 11) is 0. The Kier molecular flexibility index (Phi) is 4.45. The van der Waals surface area contributed by atoms with Crippen molar-refractivity contribution in [2.75, 3.05) is 19.7 Å². The maximum Gasteiger partial charge on any atom is 0.180 e. The number of hydrogen-bond donors (Lipinski definition) is 1. The van der Waals surface area contributed by atoms with Gasteiger partial charge in [-0.2, -0.15) is 0 Å². The molecular formula is C17H21FN2O2. The Morgan fingerprint density at radius 1 is 1.36 bits per heavy atom. The summed E-state index contributed by atoms with van der Waals surface area (Å²) in [5.74, 6) is -0.00874. The monoisotopic (exact) mass is 304 g/mol. The van der Waals surface area contributed by atoms with Crippen LogP contribution in [0.2, 0.25) is 0 Å². The number of halogens is 1. The zero-order valence-electron chi connectivity index (χ0n) is 12.7. The number of nitrogens with two attached hydrogens (primary N) is 1. The molecule has 22 heavy (non-hydrogen) atoms. The van der Waals surface area contributed by atoms with E-state index < -0.39 is 0 Å². The molecule has 0 amide bonds. The fourth-order valence-corrected chi connectivity index (χ4v) is 2.73. The van der Waals surface area contributed by atoms with E-state index in [-0.39, 0.29) is 18.0 Å². The average molecular weight is 304 g/mol. The summed E-state index contributed by atoms with van der Waals surface area (Å²) in [6, 6.07) is 9.75. The van der Waals surface area contributed by atoms with Crippen LogP contribution in [0, 0.1) is 0 Å². The molecule has 2 atom stereocenters. The third kappa shape index (κ3) is 3.15. The molecular weight excluding hydrogens is 283 g/mol. The second-order valence-corrected chi connectivity index (χ2v) is 5.69. The van der Waals surface area contributed by atoms with E-state index in [0.29, 0.717) is 32.1 Å². The normalized spacial score (nSPS) is 24.1. The van der Waals surface area contributed by atoms with E-state index in [2.05, 4.69) is 0 Å². The Hall–Kier alpha value is -1.85. The van der Waals surface area contributed by atoms with E-state index in [4.69, 9.17) is 15.2 Å². The van der Waals surface area contributed by atoms with Gasteiger partial charge in [-0.25, -0.2) is 4.39 Å². The van der Waals surface area contributed by atoms with Gasteiger partial charge in [-0.05, 0) is 12.5 Å². The Morgan fingerprint density at radius 3 is 2.91 bits per heavy atom. The minimum absolute atomic E-state index is 0.168. The van der Waals surface area contributed by atoms with Crippen LogP contribution in [-0.2, 0) is 16.1 Å². The lowest BCUT2D eigenvalue weighted by Gasteiger charge is -2.25. The highest BCUT2D eigenvalue weighted by molar-refractivity contribution is 5.37. The lowest BCUT2D eigenvalue weighted by molar-refractivity contribution is 0.104. The molecule has 0 saturated carbocycles. The van der Waals surface area contributed by atoms with Gasteiger partial charge in [0, 0.05) is 24.9 Å². The first-order valence-corrected chi connectivity index (χ1v) is 7.54. The van der Waals surface area contributed by atoms with E-state index in [1.807, 2.05) is 42.2 Å². The van der Waals surface area contributed by atoms with Crippen LogP contribution in [0.25, 0.3) is 0 Å². The van der Waals surface area contributed by atoms with E-state index in [1.54, 1.807) is 0 Å². The van der Waals surface area contributed by atoms with Crippen molar-refractivity contribution in [3.8, 4) is 0 Å². The van der Waals surface area contributed by atoms with Crippen LogP contribution in [0.1, 0.15) is 12.5 Å². The molecule has 0 fully saturated rings. The van der Waals surface area contributed by atoms with Gasteiger partial charge in [0.15, 0.2) is 11.6 Å². The van der Waals surface area contributed by atoms with Crippen molar-refractivity contribution in [1.29, 1.82) is 0 Å². The molecule has 0 radical (unpaired) electrons. The van der Waals surface area contributed by atoms with Crippen molar-refractivity contribution in [2.24, 2.45) is 5.73 Å². The van der Waals surface area contributed by atoms with Crippen LogP contribution in [0.4, 0.5) is 4.39 Å². The fraction of sp³-hybridized carbons (Fsp3) is 0.412. The van der Waals surface area contributed by atoms with E-state index in [1.165, 1.54) is 6.20 Å². The molecule has 0 bridgehead atoms. The summed E-state index contributed by atoms with van der Waals surface area (Å²) < 4.78 is 25.2. The largest absolute Gasteiger partial charge is 0.486 e. The molecule has 2 N–H and O–H groups in total. The predicted octanol–water partition coefficient (Wildman–Crippen LogP) is 2.33. The van der Waals surface area contributed by atoms with Gasteiger partial charge in [0.1, 0.15) is 6.10 Å². The topological polar surface area (TPSA) is 47.7 Å². The fourth-order valence-electron chi connectivity index (χ4n) is 2.73. The number of allylic oxidation sites excluding steroid dienone is 1. The molecule has 0 unspecified atom stereocenters. The molecule has 0 spiro atoms. The molecule has 0 aromatic heterocycles. The van der Waals surface area contributed by atoms with Crippen molar-refractivity contribution in [2.45, 2.75) is 25.7 Å². The first-order valence-electron chi connectivity index (χ1n) is 7.54. The van der Waals surface area contributed by atoms with Crippen molar-refractivity contribution >= 4 is 0 Å². The van der Waals surface area contributed by atoms with Gasteiger partial charge in [0.25, 0.3) is 0 Å². The second kappa shape index (κ2) is 6.50. The number of benzene rings is 1. The first-order chi connectivity index (χ1) is 10.6. The van der Waals surface area contributed by atoms with Crippen LogP contribution in [0.15, 0.2) is 53.7 Å². The molecule has 3 rings (SSSR count). The van der Waals surface area contributed by atoms with E-state index in [9.17, 15) is 4.39 Å². The number of rotatable bonds is 5. The lowest BCUT2D eigenvalue weighted by atomic mass is 10.0. The molecule has 2 aliphatic rings. The second-order valence-electron chi connectivity index (χ2n) is 5.69. The summed E-state index contributed by atoms with van der Waals surface area (Å²) >= 11 is 0. The zero-order chi connectivity index (χ0) is 15.5. The molecule has 1 aromatic carbocycles. The quantitative estimate of drug-likeness (QED) is 0.848. The van der Waals surface area contributed by atoms with Gasteiger partial charge in [-0.15, -0.1) is 0 Å². The molecule has 0 aliphatic carbocycles. The minimum atomic E-state index is -0.343. The third-order valence-corrected chi connectivity index (χ3v) is 4.02. The Labute approximate surface area is 130 Å². The van der Waals surface area contributed by atoms with E-state index >= 15 is 0 Å². The van der Waals surface area contributed by atoms with Gasteiger partial charge in [0.05, 0.1) is 19.3 Å². The minimum Gasteiger partial charge on any atom is -0.486 e. The highest BCUT2D eigenvalue weighted by Gasteiger charge is 2.36. The smallest absolute Gasteiger partial charge is 0.180 e. The zero-order valence-corrected chi connectivity index (χ0v) is 12.7. The van der Waals surface area contributed by atoms with Gasteiger partial charge in [-0.3, -0.25) is 0 Å². The predicted molar refractivity (Wildman–Crippen MR) is 82.4 cm³/mol. The van der Waals surface area contributed by atoms with Crippen molar-refractivity contribution in [3.05, 3.63) is 59.3 Å². The van der Waals surface area contributed by atoms with Crippen LogP contribution in [0.3, 0.4) is 0 Å². The van der Waals surface area contributed by atoms with Crippen LogP contribution in [0.5, 0.6) is 0 Å². The highest BCUT2D eigenvalue weighted by Crippen LogP contribution is 2.33. The van der Waals surface area contributed by atoms with Crippen LogP contribution >= 0.6 is 0 Å². The number of ether oxygens (including phenoxy) is 2. The maximum atomic E-state index is 14.0. The molecule has 5 heteroatoms. The Balaban J connectivity index is 1.49. The van der Waals surface area contributed by atoms with Gasteiger partial charge < -0.3 is 20.1 Å². The van der Waals surface area contributed by atoms with Crippen molar-refractivity contribution in [1.82, 2.24) is 4.90 Å². The first kappa shape index (κ1) is 15.1. The third-order valence-electron chi connectivity index (χ3n) is 4.02. The van der Waals surface area contributed by atoms with Crippen LogP contribution < -0.4 is 5.73 Å². The summed E-state index contributed by atoms with van der Waals surface area (Å²) in [6.07, 6.45) is 1.31. The summed E-state index contributed by atoms with van der Waals surface area (Å²) in [6.45, 7) is 4.19. The summed E-state index contributed by atoms with van der Waals surface area (Å²) in [5.41, 5.74) is 8.03. The van der Waals surface area contributed by atoms with E-state index in [0.717, 1.165) is 11.1 Å². The van der Waals surface area contributed by atoms with Crippen molar-refractivity contribution < 1.29 is 13.9 Å². The van der Waals surface area contributed by atoms with Gasteiger partial charge in [0.2, 0.25) is 0 Å². The molecule has 2 heterocycles. The standard InChI is InChI=1S/C17H21FN2O2/c1-12-16(19)14-9-20(10-15(18)17(14)22-12)7-8-21-11-13-5-3-2-4-6-13/h2-6,10,12,16H,7-9,11,19H2,1H3/t12-,16-/m1/s1. The molecule has 1 aromatic rings. The SMILES string of the molecule is C[C@H]1OC2=C(CN(CCOCc3ccccc3)C=C2F)[C@@H]1N. The number of nitrogens with zero attached hydrogens (tertiary/aromatic N) is 1. The molecule has 118 valence electrons. The molecule has 0 saturated heterocycles. The Bertz CT molecular complexity index is 586. The van der Waals surface area contributed by atoms with Gasteiger partial charge in [-0.1, -0.05) is 30.3 Å². The lowest BCUT2D eigenvalue weighted by Crippen LogP contribution is -2.36. The molecule has 2 aliphatic heterocycles. The van der Waals surface area contributed by atoms with Crippen molar-refractivity contribution in [3.63, 3.8) is 0 Å². The summed E-state index contributed by atoms with van der Waals surface area (Å²) in [5, 5.41) is 0. The maximum absolute atomic E-state index is 14.0. The Morgan fingerprint density at radius 2 is 2.14 bits per heavy atom. The van der Waals surface area contributed by atoms with Crippen LogP contribution in [-0.4, -0.2) is 36.7 Å². The summed E-state index contributed by atoms with van der Waals surface area (Å²) in [4.78, 5) is 1.89. The average Bonchev–Trinajstić information content (AvgIpc) is 2.81. The number of hydrogen-bond acceptors (Lipinski definition) is 4. The highest BCUT2D eigenvalue weighted by atomic mass is 19.1. The molecule has 4 nitrogen and oxygen atoms in total. The van der Waals surface area contributed by atoms with Gasteiger partial charge >= 0.3 is 0 Å².